The standard InChI is InChI=1S/C14H13N.C8H8N4.3C2H6/c1-12(14-9-5-6-10-15-14)11-13-7-3-2-4-8-13;1-12-8(9-10-11-12)7-5-3-2-4-6-7;3*1-2/h2-11H,1H3;2-6H,1H3;3*1-2H3/b12-11+;;;;. The molecule has 0 spiro atoms. The maximum atomic E-state index is 4.31. The zero-order valence-electron chi connectivity index (χ0n) is 21.4. The lowest BCUT2D eigenvalue weighted by Crippen LogP contribution is -1.93. The van der Waals surface area contributed by atoms with E-state index in [2.05, 4.69) is 45.6 Å². The molecule has 4 aromatic rings. The van der Waals surface area contributed by atoms with Gasteiger partial charge in [-0.15, -0.1) is 5.10 Å². The zero-order chi connectivity index (χ0) is 24.9. The van der Waals surface area contributed by atoms with Gasteiger partial charge in [0.2, 0.25) is 0 Å². The normalized spacial score (nSPS) is 9.39. The number of tetrazole rings is 1. The first-order valence-electron chi connectivity index (χ1n) is 11.7. The van der Waals surface area contributed by atoms with Gasteiger partial charge in [-0.3, -0.25) is 4.98 Å². The van der Waals surface area contributed by atoms with Crippen molar-refractivity contribution in [1.29, 1.82) is 0 Å². The summed E-state index contributed by atoms with van der Waals surface area (Å²) in [6.07, 6.45) is 3.96. The van der Waals surface area contributed by atoms with E-state index in [1.807, 2.05) is 122 Å². The lowest BCUT2D eigenvalue weighted by molar-refractivity contribution is 0.714. The minimum absolute atomic E-state index is 0.788. The van der Waals surface area contributed by atoms with E-state index in [1.165, 1.54) is 11.1 Å². The predicted molar refractivity (Wildman–Crippen MR) is 143 cm³/mol. The van der Waals surface area contributed by atoms with Gasteiger partial charge in [-0.2, -0.15) is 0 Å². The molecule has 2 aromatic heterocycles. The summed E-state index contributed by atoms with van der Waals surface area (Å²) in [5.74, 6) is 0.788. The van der Waals surface area contributed by atoms with E-state index in [0.717, 1.165) is 17.1 Å². The fourth-order valence-corrected chi connectivity index (χ4v) is 2.53. The lowest BCUT2D eigenvalue weighted by Gasteiger charge is -1.99. The third-order valence-electron chi connectivity index (χ3n) is 3.90. The van der Waals surface area contributed by atoms with Gasteiger partial charge < -0.3 is 0 Å². The van der Waals surface area contributed by atoms with Gasteiger partial charge in [0, 0.05) is 18.8 Å². The van der Waals surface area contributed by atoms with Crippen LogP contribution in [0.2, 0.25) is 0 Å². The first kappa shape index (κ1) is 29.4. The second-order valence-corrected chi connectivity index (χ2v) is 5.95. The summed E-state index contributed by atoms with van der Waals surface area (Å²) < 4.78 is 1.65. The summed E-state index contributed by atoms with van der Waals surface area (Å²) >= 11 is 0. The molecule has 0 atom stereocenters. The minimum Gasteiger partial charge on any atom is -0.257 e. The molecule has 0 unspecified atom stereocenters. The van der Waals surface area contributed by atoms with Crippen LogP contribution in [0.1, 0.15) is 59.7 Å². The second kappa shape index (κ2) is 19.1. The molecule has 0 N–H and O–H groups in total. The van der Waals surface area contributed by atoms with Crippen LogP contribution in [0.4, 0.5) is 0 Å². The van der Waals surface area contributed by atoms with Gasteiger partial charge in [-0.25, -0.2) is 4.68 Å². The van der Waals surface area contributed by atoms with Crippen molar-refractivity contribution in [3.8, 4) is 11.4 Å². The van der Waals surface area contributed by atoms with E-state index < -0.39 is 0 Å². The van der Waals surface area contributed by atoms with E-state index in [-0.39, 0.29) is 0 Å². The molecule has 5 nitrogen and oxygen atoms in total. The highest BCUT2D eigenvalue weighted by molar-refractivity contribution is 5.78. The highest BCUT2D eigenvalue weighted by Crippen LogP contribution is 2.14. The second-order valence-electron chi connectivity index (χ2n) is 5.95. The fraction of sp³-hybridized carbons (Fsp3) is 0.286. The third-order valence-corrected chi connectivity index (χ3v) is 3.90. The fourth-order valence-electron chi connectivity index (χ4n) is 2.53. The summed E-state index contributed by atoms with van der Waals surface area (Å²) in [5.41, 5.74) is 4.45. The number of nitrogens with zero attached hydrogens (tertiary/aromatic N) is 5. The maximum absolute atomic E-state index is 4.31. The Morgan fingerprint density at radius 1 is 0.727 bits per heavy atom. The van der Waals surface area contributed by atoms with Crippen LogP contribution in [-0.2, 0) is 7.05 Å². The molecule has 0 saturated heterocycles. The molecule has 4 rings (SSSR count). The molecule has 0 aliphatic carbocycles. The molecule has 176 valence electrons. The Morgan fingerprint density at radius 3 is 1.76 bits per heavy atom. The van der Waals surface area contributed by atoms with Crippen LogP contribution in [0.15, 0.2) is 85.1 Å². The predicted octanol–water partition coefficient (Wildman–Crippen LogP) is 7.60. The Balaban J connectivity index is 0.000000514. The van der Waals surface area contributed by atoms with E-state index in [4.69, 9.17) is 0 Å². The summed E-state index contributed by atoms with van der Waals surface area (Å²) in [6, 6.07) is 26.1. The highest BCUT2D eigenvalue weighted by atomic mass is 15.5. The molecular weight excluding hydrogens is 406 g/mol. The molecule has 0 saturated carbocycles. The Labute approximate surface area is 200 Å². The third kappa shape index (κ3) is 11.0. The average molecular weight is 446 g/mol. The topological polar surface area (TPSA) is 56.5 Å². The number of pyridine rings is 1. The van der Waals surface area contributed by atoms with Crippen molar-refractivity contribution < 1.29 is 0 Å². The lowest BCUT2D eigenvalue weighted by atomic mass is 10.1. The number of hydrogen-bond donors (Lipinski definition) is 0. The molecule has 33 heavy (non-hydrogen) atoms. The van der Waals surface area contributed by atoms with Gasteiger partial charge in [0.15, 0.2) is 5.82 Å². The first-order valence-corrected chi connectivity index (χ1v) is 11.7. The van der Waals surface area contributed by atoms with Gasteiger partial charge in [0.05, 0.1) is 5.69 Å². The van der Waals surface area contributed by atoms with Crippen LogP contribution in [0, 0.1) is 0 Å². The largest absolute Gasteiger partial charge is 0.257 e. The number of allylic oxidation sites excluding steroid dienone is 1. The average Bonchev–Trinajstić information content (AvgIpc) is 3.35. The Hall–Kier alpha value is -3.60. The van der Waals surface area contributed by atoms with Crippen molar-refractivity contribution >= 4 is 11.6 Å². The number of rotatable bonds is 3. The number of hydrogen-bond acceptors (Lipinski definition) is 4. The molecule has 0 amide bonds. The van der Waals surface area contributed by atoms with Crippen LogP contribution in [0.3, 0.4) is 0 Å². The minimum atomic E-state index is 0.788. The molecule has 2 aromatic carbocycles. The Morgan fingerprint density at radius 2 is 1.27 bits per heavy atom. The van der Waals surface area contributed by atoms with Crippen LogP contribution >= 0.6 is 0 Å². The van der Waals surface area contributed by atoms with E-state index in [1.54, 1.807) is 4.68 Å². The van der Waals surface area contributed by atoms with Crippen molar-refractivity contribution in [2.75, 3.05) is 0 Å². The number of aromatic nitrogens is 5. The Bertz CT molecular complexity index is 979. The van der Waals surface area contributed by atoms with Crippen LogP contribution in [-0.4, -0.2) is 25.2 Å². The van der Waals surface area contributed by atoms with Gasteiger partial charge in [-0.05, 0) is 46.7 Å². The molecular formula is C28H39N5. The molecule has 0 fully saturated rings. The van der Waals surface area contributed by atoms with E-state index >= 15 is 0 Å². The van der Waals surface area contributed by atoms with Crippen molar-refractivity contribution in [3.63, 3.8) is 0 Å². The van der Waals surface area contributed by atoms with Gasteiger partial charge >= 0.3 is 0 Å². The molecule has 0 aliphatic heterocycles. The smallest absolute Gasteiger partial charge is 0.181 e. The van der Waals surface area contributed by atoms with Crippen LogP contribution in [0.25, 0.3) is 23.0 Å². The number of aryl methyl sites for hydroxylation is 1. The van der Waals surface area contributed by atoms with Gasteiger partial charge in [0.1, 0.15) is 0 Å². The van der Waals surface area contributed by atoms with Gasteiger partial charge in [-0.1, -0.05) is 108 Å². The molecule has 0 bridgehead atoms. The van der Waals surface area contributed by atoms with Crippen molar-refractivity contribution in [3.05, 3.63) is 96.3 Å². The quantitative estimate of drug-likeness (QED) is 0.326. The first-order chi connectivity index (χ1) is 16.2. The van der Waals surface area contributed by atoms with Crippen LogP contribution in [0.5, 0.6) is 0 Å². The maximum Gasteiger partial charge on any atom is 0.181 e. The highest BCUT2D eigenvalue weighted by Gasteiger charge is 2.02. The van der Waals surface area contributed by atoms with Crippen LogP contribution < -0.4 is 0 Å². The summed E-state index contributed by atoms with van der Waals surface area (Å²) in [7, 11) is 1.82. The van der Waals surface area contributed by atoms with Crippen molar-refractivity contribution in [2.24, 2.45) is 7.05 Å². The molecule has 0 aliphatic rings. The molecule has 0 radical (unpaired) electrons. The van der Waals surface area contributed by atoms with Crippen molar-refractivity contribution in [2.45, 2.75) is 48.5 Å². The molecule has 2 heterocycles. The summed E-state index contributed by atoms with van der Waals surface area (Å²) in [5, 5.41) is 11.2. The SMILES string of the molecule is C/C(=C\c1ccccc1)c1ccccn1.CC.CC.CC.Cn1nnnc1-c1ccccc1. The van der Waals surface area contributed by atoms with E-state index in [0.29, 0.717) is 0 Å². The number of benzene rings is 2. The Kier molecular flexibility index (Phi) is 17.0. The molecule has 5 heteroatoms. The zero-order valence-corrected chi connectivity index (χ0v) is 21.4. The van der Waals surface area contributed by atoms with Gasteiger partial charge in [0.25, 0.3) is 0 Å². The van der Waals surface area contributed by atoms with E-state index in [9.17, 15) is 0 Å². The van der Waals surface area contributed by atoms with Crippen molar-refractivity contribution in [1.82, 2.24) is 25.2 Å². The summed E-state index contributed by atoms with van der Waals surface area (Å²) in [4.78, 5) is 4.31. The monoisotopic (exact) mass is 445 g/mol. The summed E-state index contributed by atoms with van der Waals surface area (Å²) in [6.45, 7) is 14.1.